The van der Waals surface area contributed by atoms with Gasteiger partial charge in [-0.2, -0.15) is 5.26 Å². The van der Waals surface area contributed by atoms with Crippen LogP contribution in [0.4, 0.5) is 0 Å². The van der Waals surface area contributed by atoms with Gasteiger partial charge in [0.1, 0.15) is 0 Å². The molecule has 4 heteroatoms. The summed E-state index contributed by atoms with van der Waals surface area (Å²) in [6.45, 7) is 0.407. The number of hydrogen-bond donors (Lipinski definition) is 1. The molecule has 0 amide bonds. The molecule has 2 nitrogen and oxygen atoms in total. The summed E-state index contributed by atoms with van der Waals surface area (Å²) in [5.74, 6) is 0. The van der Waals surface area contributed by atoms with Crippen molar-refractivity contribution in [2.24, 2.45) is 5.73 Å². The summed E-state index contributed by atoms with van der Waals surface area (Å²) in [6, 6.07) is 7.08. The Labute approximate surface area is 82.4 Å². The first kappa shape index (κ1) is 11.2. The maximum Gasteiger partial charge on any atom is 0.0992 e. The van der Waals surface area contributed by atoms with Crippen molar-refractivity contribution in [3.63, 3.8) is 0 Å². The number of hydrogen-bond acceptors (Lipinski definition) is 2. The second-order valence-corrected chi connectivity index (χ2v) is 2.53. The molecule has 0 saturated carbocycles. The van der Waals surface area contributed by atoms with Gasteiger partial charge in [0.2, 0.25) is 0 Å². The lowest BCUT2D eigenvalue weighted by Crippen LogP contribution is -1.96. The third-order valence-corrected chi connectivity index (χ3v) is 1.75. The van der Waals surface area contributed by atoms with Gasteiger partial charge in [-0.15, -0.1) is 12.4 Å². The molecule has 0 spiro atoms. The number of nitrogens with zero attached hydrogens (tertiary/aromatic N) is 1. The van der Waals surface area contributed by atoms with E-state index in [4.69, 9.17) is 22.6 Å². The Morgan fingerprint density at radius 1 is 1.50 bits per heavy atom. The first-order valence-electron chi connectivity index (χ1n) is 3.16. The van der Waals surface area contributed by atoms with Crippen LogP contribution in [0.5, 0.6) is 0 Å². The van der Waals surface area contributed by atoms with Gasteiger partial charge in [0.25, 0.3) is 0 Å². The van der Waals surface area contributed by atoms with Crippen molar-refractivity contribution >= 4 is 24.0 Å². The van der Waals surface area contributed by atoms with Crippen LogP contribution in [-0.4, -0.2) is 0 Å². The molecular formula is C8H8Cl2N2. The quantitative estimate of drug-likeness (QED) is 0.759. The molecule has 0 aromatic heterocycles. The molecule has 0 unspecified atom stereocenters. The summed E-state index contributed by atoms with van der Waals surface area (Å²) < 4.78 is 0. The molecule has 0 saturated heterocycles. The molecular weight excluding hydrogens is 195 g/mol. The molecule has 0 fully saturated rings. The molecule has 0 atom stereocenters. The minimum Gasteiger partial charge on any atom is -0.326 e. The Balaban J connectivity index is 0.00000121. The molecule has 1 aromatic rings. The van der Waals surface area contributed by atoms with E-state index in [1.165, 1.54) is 0 Å². The Morgan fingerprint density at radius 3 is 2.58 bits per heavy atom. The fourth-order valence-electron chi connectivity index (χ4n) is 0.782. The molecule has 0 radical (unpaired) electrons. The van der Waals surface area contributed by atoms with Gasteiger partial charge in [-0.05, 0) is 17.7 Å². The minimum absolute atomic E-state index is 0. The second kappa shape index (κ2) is 5.00. The van der Waals surface area contributed by atoms with Crippen molar-refractivity contribution in [2.75, 3.05) is 0 Å². The lowest BCUT2D eigenvalue weighted by molar-refractivity contribution is 1.07. The van der Waals surface area contributed by atoms with E-state index in [0.717, 1.165) is 5.56 Å². The molecule has 0 aliphatic rings. The largest absolute Gasteiger partial charge is 0.326 e. The van der Waals surface area contributed by atoms with Gasteiger partial charge >= 0.3 is 0 Å². The lowest BCUT2D eigenvalue weighted by Gasteiger charge is -1.98. The van der Waals surface area contributed by atoms with Crippen molar-refractivity contribution in [1.82, 2.24) is 0 Å². The van der Waals surface area contributed by atoms with Crippen molar-refractivity contribution in [2.45, 2.75) is 6.54 Å². The highest BCUT2D eigenvalue weighted by Gasteiger charge is 1.98. The average molecular weight is 203 g/mol. The predicted molar refractivity (Wildman–Crippen MR) is 51.3 cm³/mol. The van der Waals surface area contributed by atoms with Crippen LogP contribution in [0.3, 0.4) is 0 Å². The van der Waals surface area contributed by atoms with E-state index in [0.29, 0.717) is 17.1 Å². The van der Waals surface area contributed by atoms with Gasteiger partial charge in [-0.3, -0.25) is 0 Å². The molecule has 0 bridgehead atoms. The van der Waals surface area contributed by atoms with Gasteiger partial charge in [0.05, 0.1) is 11.6 Å². The van der Waals surface area contributed by atoms with E-state index in [-0.39, 0.29) is 12.4 Å². The zero-order valence-electron chi connectivity index (χ0n) is 6.25. The number of nitriles is 1. The number of nitrogens with two attached hydrogens (primary N) is 1. The highest BCUT2D eigenvalue weighted by molar-refractivity contribution is 6.31. The fourth-order valence-corrected chi connectivity index (χ4v) is 1.04. The summed E-state index contributed by atoms with van der Waals surface area (Å²) >= 11 is 5.78. The third kappa shape index (κ3) is 2.38. The van der Waals surface area contributed by atoms with Gasteiger partial charge < -0.3 is 5.73 Å². The first-order chi connectivity index (χ1) is 5.27. The van der Waals surface area contributed by atoms with Crippen molar-refractivity contribution in [3.05, 3.63) is 34.3 Å². The van der Waals surface area contributed by atoms with E-state index in [1.807, 2.05) is 6.07 Å². The normalized spacial score (nSPS) is 8.42. The Morgan fingerprint density at radius 2 is 2.17 bits per heavy atom. The SMILES string of the molecule is Cl.N#Cc1ccc(CN)c(Cl)c1. The van der Waals surface area contributed by atoms with Crippen LogP contribution < -0.4 is 5.73 Å². The van der Waals surface area contributed by atoms with Crippen LogP contribution >= 0.6 is 24.0 Å². The van der Waals surface area contributed by atoms with Gasteiger partial charge in [0, 0.05) is 11.6 Å². The number of benzene rings is 1. The molecule has 12 heavy (non-hydrogen) atoms. The summed E-state index contributed by atoms with van der Waals surface area (Å²) in [7, 11) is 0. The van der Waals surface area contributed by atoms with E-state index in [1.54, 1.807) is 18.2 Å². The van der Waals surface area contributed by atoms with E-state index < -0.39 is 0 Å². The van der Waals surface area contributed by atoms with Gasteiger partial charge in [-0.1, -0.05) is 17.7 Å². The van der Waals surface area contributed by atoms with Crippen LogP contribution in [0, 0.1) is 11.3 Å². The van der Waals surface area contributed by atoms with Gasteiger partial charge in [-0.25, -0.2) is 0 Å². The number of rotatable bonds is 1. The Hall–Kier alpha value is -0.750. The predicted octanol–water partition coefficient (Wildman–Crippen LogP) is 2.09. The standard InChI is InChI=1S/C8H7ClN2.ClH/c9-8-3-6(4-10)1-2-7(8)5-11;/h1-3H,5,11H2;1H. The van der Waals surface area contributed by atoms with Crippen LogP contribution in [-0.2, 0) is 6.54 Å². The number of halogens is 2. The van der Waals surface area contributed by atoms with Crippen molar-refractivity contribution in [3.8, 4) is 6.07 Å². The average Bonchev–Trinajstić information content (AvgIpc) is 2.04. The Kier molecular flexibility index (Phi) is 4.68. The summed E-state index contributed by atoms with van der Waals surface area (Å²) in [5, 5.41) is 9.05. The molecule has 2 N–H and O–H groups in total. The third-order valence-electron chi connectivity index (χ3n) is 1.40. The molecule has 0 heterocycles. The summed E-state index contributed by atoms with van der Waals surface area (Å²) in [6.07, 6.45) is 0. The monoisotopic (exact) mass is 202 g/mol. The minimum atomic E-state index is 0. The Bertz CT molecular complexity index is 304. The zero-order valence-corrected chi connectivity index (χ0v) is 7.82. The van der Waals surface area contributed by atoms with Crippen LogP contribution in [0.2, 0.25) is 5.02 Å². The fraction of sp³-hybridized carbons (Fsp3) is 0.125. The molecule has 1 rings (SSSR count). The van der Waals surface area contributed by atoms with E-state index in [9.17, 15) is 0 Å². The van der Waals surface area contributed by atoms with Crippen LogP contribution in [0.15, 0.2) is 18.2 Å². The summed E-state index contributed by atoms with van der Waals surface area (Å²) in [5.41, 5.74) is 6.80. The molecule has 1 aromatic carbocycles. The summed E-state index contributed by atoms with van der Waals surface area (Å²) in [4.78, 5) is 0. The maximum absolute atomic E-state index is 8.49. The second-order valence-electron chi connectivity index (χ2n) is 2.12. The highest BCUT2D eigenvalue weighted by atomic mass is 35.5. The van der Waals surface area contributed by atoms with Gasteiger partial charge in [0.15, 0.2) is 0 Å². The van der Waals surface area contributed by atoms with E-state index >= 15 is 0 Å². The molecule has 0 aliphatic carbocycles. The topological polar surface area (TPSA) is 49.8 Å². The maximum atomic E-state index is 8.49. The lowest BCUT2D eigenvalue weighted by atomic mass is 10.1. The van der Waals surface area contributed by atoms with Crippen LogP contribution in [0.25, 0.3) is 0 Å². The van der Waals surface area contributed by atoms with E-state index in [2.05, 4.69) is 0 Å². The molecule has 64 valence electrons. The first-order valence-corrected chi connectivity index (χ1v) is 3.54. The van der Waals surface area contributed by atoms with Crippen molar-refractivity contribution < 1.29 is 0 Å². The smallest absolute Gasteiger partial charge is 0.0992 e. The highest BCUT2D eigenvalue weighted by Crippen LogP contribution is 2.16. The molecule has 0 aliphatic heterocycles. The van der Waals surface area contributed by atoms with Crippen molar-refractivity contribution in [1.29, 1.82) is 5.26 Å². The van der Waals surface area contributed by atoms with Crippen LogP contribution in [0.1, 0.15) is 11.1 Å². The zero-order chi connectivity index (χ0) is 8.27.